The molecule has 2 aromatic rings. The van der Waals surface area contributed by atoms with Gasteiger partial charge in [0.1, 0.15) is 24.7 Å². The van der Waals surface area contributed by atoms with Crippen LogP contribution in [0.25, 0.3) is 11.3 Å². The number of aromatic nitrogens is 2. The Bertz CT molecular complexity index is 650. The lowest BCUT2D eigenvalue weighted by Crippen LogP contribution is -2.16. The van der Waals surface area contributed by atoms with E-state index in [-0.39, 0.29) is 0 Å². The van der Waals surface area contributed by atoms with Crippen molar-refractivity contribution in [3.05, 3.63) is 17.2 Å². The maximum atomic E-state index is 6.24. The smallest absolute Gasteiger partial charge is 0.174 e. The van der Waals surface area contributed by atoms with Gasteiger partial charge < -0.3 is 19.9 Å². The normalized spacial score (nSPS) is 13.3. The number of nitrogen functional groups attached to an aromatic ring is 1. The summed E-state index contributed by atoms with van der Waals surface area (Å²) in [7, 11) is 3.31. The van der Waals surface area contributed by atoms with Crippen LogP contribution in [-0.2, 0) is 7.05 Å². The number of nitrogens with two attached hydrogens (primary N) is 1. The molecule has 0 bridgehead atoms. The molecule has 0 radical (unpaired) electrons. The number of hydrogen-bond acceptors (Lipinski definition) is 5. The Balaban J connectivity index is 2.28. The Labute approximate surface area is 121 Å². The number of aryl methyl sites for hydroxylation is 1. The van der Waals surface area contributed by atoms with Gasteiger partial charge in [-0.05, 0) is 0 Å². The van der Waals surface area contributed by atoms with Crippen LogP contribution in [0.3, 0.4) is 0 Å². The lowest BCUT2D eigenvalue weighted by molar-refractivity contribution is 0.171. The first-order chi connectivity index (χ1) is 9.61. The third kappa shape index (κ3) is 1.92. The predicted molar refractivity (Wildman–Crippen MR) is 75.6 cm³/mol. The van der Waals surface area contributed by atoms with Crippen LogP contribution in [0.1, 0.15) is 0 Å². The minimum absolute atomic E-state index is 0.441. The zero-order valence-corrected chi connectivity index (χ0v) is 11.9. The van der Waals surface area contributed by atoms with Gasteiger partial charge in [0.05, 0.1) is 17.7 Å². The van der Waals surface area contributed by atoms with Crippen molar-refractivity contribution >= 4 is 17.4 Å². The Morgan fingerprint density at radius 3 is 2.75 bits per heavy atom. The van der Waals surface area contributed by atoms with Crippen molar-refractivity contribution in [3.8, 4) is 28.5 Å². The lowest BCUT2D eigenvalue weighted by atomic mass is 10.1. The average molecular weight is 296 g/mol. The van der Waals surface area contributed by atoms with Crippen molar-refractivity contribution in [1.82, 2.24) is 9.78 Å². The second-order valence-corrected chi connectivity index (χ2v) is 4.78. The molecule has 0 atom stereocenters. The van der Waals surface area contributed by atoms with Crippen molar-refractivity contribution in [3.63, 3.8) is 0 Å². The van der Waals surface area contributed by atoms with E-state index in [2.05, 4.69) is 5.10 Å². The summed E-state index contributed by atoms with van der Waals surface area (Å²) in [6.45, 7) is 0.951. The fourth-order valence-electron chi connectivity index (χ4n) is 2.17. The monoisotopic (exact) mass is 295 g/mol. The van der Waals surface area contributed by atoms with Crippen LogP contribution in [0, 0.1) is 0 Å². The minimum Gasteiger partial charge on any atom is -0.494 e. The maximum Gasteiger partial charge on any atom is 0.174 e. The third-order valence-electron chi connectivity index (χ3n) is 3.12. The SMILES string of the molecule is COc1c(Cl)cc2c(c1-c1cc(N)n(C)n1)OCCO2. The maximum absolute atomic E-state index is 6.24. The molecule has 0 spiro atoms. The van der Waals surface area contributed by atoms with Crippen LogP contribution in [-0.4, -0.2) is 30.1 Å². The van der Waals surface area contributed by atoms with Crippen LogP contribution in [0.15, 0.2) is 12.1 Å². The van der Waals surface area contributed by atoms with Gasteiger partial charge in [-0.15, -0.1) is 0 Å². The van der Waals surface area contributed by atoms with Gasteiger partial charge in [-0.3, -0.25) is 4.68 Å². The van der Waals surface area contributed by atoms with E-state index in [1.807, 2.05) is 0 Å². The summed E-state index contributed by atoms with van der Waals surface area (Å²) < 4.78 is 18.2. The third-order valence-corrected chi connectivity index (χ3v) is 3.40. The second-order valence-electron chi connectivity index (χ2n) is 4.37. The van der Waals surface area contributed by atoms with Crippen molar-refractivity contribution in [1.29, 1.82) is 0 Å². The molecule has 1 aromatic carbocycles. The molecule has 0 fully saturated rings. The number of ether oxygens (including phenoxy) is 3. The summed E-state index contributed by atoms with van der Waals surface area (Å²) in [5, 5.41) is 4.80. The van der Waals surface area contributed by atoms with Crippen molar-refractivity contribution in [2.75, 3.05) is 26.1 Å². The van der Waals surface area contributed by atoms with E-state index >= 15 is 0 Å². The summed E-state index contributed by atoms with van der Waals surface area (Å²) in [5.41, 5.74) is 7.12. The van der Waals surface area contributed by atoms with E-state index in [9.17, 15) is 0 Å². The first-order valence-electron chi connectivity index (χ1n) is 6.07. The second kappa shape index (κ2) is 4.79. The fraction of sp³-hybridized carbons (Fsp3) is 0.308. The Morgan fingerprint density at radius 1 is 1.35 bits per heavy atom. The topological polar surface area (TPSA) is 71.5 Å². The molecule has 0 unspecified atom stereocenters. The molecule has 1 aliphatic heterocycles. The molecule has 0 saturated carbocycles. The quantitative estimate of drug-likeness (QED) is 0.918. The highest BCUT2D eigenvalue weighted by molar-refractivity contribution is 6.33. The van der Waals surface area contributed by atoms with E-state index in [0.717, 1.165) is 0 Å². The van der Waals surface area contributed by atoms with Crippen molar-refractivity contribution in [2.45, 2.75) is 0 Å². The fourth-order valence-corrected chi connectivity index (χ4v) is 2.44. The molecule has 0 saturated heterocycles. The largest absolute Gasteiger partial charge is 0.494 e. The summed E-state index contributed by atoms with van der Waals surface area (Å²) in [4.78, 5) is 0. The Hall–Kier alpha value is -2.08. The van der Waals surface area contributed by atoms with Crippen LogP contribution < -0.4 is 19.9 Å². The van der Waals surface area contributed by atoms with Gasteiger partial charge in [0, 0.05) is 19.2 Å². The number of anilines is 1. The van der Waals surface area contributed by atoms with Crippen LogP contribution in [0.2, 0.25) is 5.02 Å². The minimum atomic E-state index is 0.441. The molecule has 2 heterocycles. The van der Waals surface area contributed by atoms with Crippen LogP contribution >= 0.6 is 11.6 Å². The summed E-state index contributed by atoms with van der Waals surface area (Å²) in [6.07, 6.45) is 0. The lowest BCUT2D eigenvalue weighted by Gasteiger charge is -2.22. The number of methoxy groups -OCH3 is 1. The van der Waals surface area contributed by atoms with Gasteiger partial charge in [0.25, 0.3) is 0 Å². The zero-order valence-electron chi connectivity index (χ0n) is 11.1. The van der Waals surface area contributed by atoms with E-state index in [1.165, 1.54) is 0 Å². The van der Waals surface area contributed by atoms with E-state index in [0.29, 0.717) is 52.6 Å². The van der Waals surface area contributed by atoms with Crippen LogP contribution in [0.5, 0.6) is 17.2 Å². The molecule has 0 aliphatic carbocycles. The molecule has 1 aliphatic rings. The number of nitrogens with zero attached hydrogens (tertiary/aromatic N) is 2. The highest BCUT2D eigenvalue weighted by Gasteiger charge is 2.26. The van der Waals surface area contributed by atoms with Crippen molar-refractivity contribution in [2.24, 2.45) is 7.05 Å². The molecule has 106 valence electrons. The van der Waals surface area contributed by atoms with Gasteiger partial charge in [-0.25, -0.2) is 0 Å². The van der Waals surface area contributed by atoms with Gasteiger partial charge in [0.15, 0.2) is 17.2 Å². The van der Waals surface area contributed by atoms with Gasteiger partial charge in [-0.1, -0.05) is 11.6 Å². The number of rotatable bonds is 2. The summed E-state index contributed by atoms with van der Waals surface area (Å²) in [5.74, 6) is 2.19. The van der Waals surface area contributed by atoms with E-state index < -0.39 is 0 Å². The van der Waals surface area contributed by atoms with Gasteiger partial charge in [0.2, 0.25) is 0 Å². The summed E-state index contributed by atoms with van der Waals surface area (Å²) >= 11 is 6.24. The van der Waals surface area contributed by atoms with Gasteiger partial charge >= 0.3 is 0 Å². The first kappa shape index (κ1) is 12.9. The highest BCUT2D eigenvalue weighted by atomic mass is 35.5. The number of fused-ring (bicyclic) bond motifs is 1. The Morgan fingerprint density at radius 2 is 2.10 bits per heavy atom. The molecular weight excluding hydrogens is 282 g/mol. The molecule has 3 rings (SSSR count). The molecule has 7 heteroatoms. The number of benzene rings is 1. The van der Waals surface area contributed by atoms with Crippen molar-refractivity contribution < 1.29 is 14.2 Å². The van der Waals surface area contributed by atoms with Gasteiger partial charge in [-0.2, -0.15) is 5.10 Å². The molecule has 1 aromatic heterocycles. The molecule has 0 amide bonds. The number of halogens is 1. The van der Waals surface area contributed by atoms with Crippen LogP contribution in [0.4, 0.5) is 5.82 Å². The number of hydrogen-bond donors (Lipinski definition) is 1. The van der Waals surface area contributed by atoms with E-state index in [4.69, 9.17) is 31.5 Å². The molecular formula is C13H14ClN3O3. The molecule has 2 N–H and O–H groups in total. The highest BCUT2D eigenvalue weighted by Crippen LogP contribution is 2.49. The molecule has 20 heavy (non-hydrogen) atoms. The zero-order chi connectivity index (χ0) is 14.3. The first-order valence-corrected chi connectivity index (χ1v) is 6.45. The standard InChI is InChI=1S/C13H14ClN3O3/c1-17-10(15)6-8(16-17)11-12(18-2)7(14)5-9-13(11)20-4-3-19-9/h5-6H,3-4,15H2,1-2H3. The van der Waals surface area contributed by atoms with E-state index in [1.54, 1.807) is 31.0 Å². The summed E-state index contributed by atoms with van der Waals surface area (Å²) in [6, 6.07) is 3.43. The average Bonchev–Trinajstić information content (AvgIpc) is 2.76. The Kier molecular flexibility index (Phi) is 3.10. The predicted octanol–water partition coefficient (Wildman–Crippen LogP) is 2.10. The molecule has 6 nitrogen and oxygen atoms in total.